The first-order valence-electron chi connectivity index (χ1n) is 7.55. The number of anilines is 2. The molecule has 1 heterocycles. The van der Waals surface area contributed by atoms with E-state index >= 15 is 0 Å². The van der Waals surface area contributed by atoms with Crippen LogP contribution >= 0.6 is 11.8 Å². The van der Waals surface area contributed by atoms with E-state index in [1.807, 2.05) is 18.2 Å². The molecule has 8 heteroatoms. The van der Waals surface area contributed by atoms with Crippen LogP contribution in [0.15, 0.2) is 47.4 Å². The van der Waals surface area contributed by atoms with Gasteiger partial charge < -0.3 is 10.6 Å². The second kappa shape index (κ2) is 6.94. The lowest BCUT2D eigenvalue weighted by Crippen LogP contribution is -2.32. The van der Waals surface area contributed by atoms with Crippen molar-refractivity contribution in [1.82, 2.24) is 0 Å². The number of thioether (sulfide) groups is 1. The van der Waals surface area contributed by atoms with Crippen LogP contribution in [-0.2, 0) is 9.59 Å². The lowest BCUT2D eigenvalue weighted by atomic mass is 10.2. The van der Waals surface area contributed by atoms with E-state index in [-0.39, 0.29) is 23.7 Å². The molecule has 3 rings (SSSR count). The predicted octanol–water partition coefficient (Wildman–Crippen LogP) is 3.34. The maximum atomic E-state index is 12.3. The molecule has 2 N–H and O–H groups in total. The van der Waals surface area contributed by atoms with Crippen molar-refractivity contribution < 1.29 is 14.5 Å². The highest BCUT2D eigenvalue weighted by Gasteiger charge is 2.29. The number of benzene rings is 2. The summed E-state index contributed by atoms with van der Waals surface area (Å²) in [5.41, 5.74) is 1.41. The van der Waals surface area contributed by atoms with E-state index in [0.29, 0.717) is 0 Å². The number of nitrogens with one attached hydrogen (secondary N) is 2. The third-order valence-electron chi connectivity index (χ3n) is 3.70. The summed E-state index contributed by atoms with van der Waals surface area (Å²) in [4.78, 5) is 35.9. The molecule has 0 unspecified atom stereocenters. The molecular weight excluding hydrogens is 342 g/mol. The quantitative estimate of drug-likeness (QED) is 0.645. The fraction of sp³-hybridized carbons (Fsp3) is 0.176. The van der Waals surface area contributed by atoms with Gasteiger partial charge in [-0.25, -0.2) is 0 Å². The zero-order valence-electron chi connectivity index (χ0n) is 13.3. The van der Waals surface area contributed by atoms with Gasteiger partial charge in [-0.3, -0.25) is 19.7 Å². The van der Waals surface area contributed by atoms with Crippen molar-refractivity contribution in [3.8, 4) is 0 Å². The maximum Gasteiger partial charge on any atom is 0.293 e. The fourth-order valence-electron chi connectivity index (χ4n) is 2.50. The molecule has 7 nitrogen and oxygen atoms in total. The van der Waals surface area contributed by atoms with Crippen LogP contribution in [0.3, 0.4) is 0 Å². The van der Waals surface area contributed by atoms with Crippen molar-refractivity contribution in [2.24, 2.45) is 0 Å². The number of nitro benzene ring substituents is 1. The van der Waals surface area contributed by atoms with Gasteiger partial charge in [0.25, 0.3) is 5.69 Å². The number of aryl methyl sites for hydroxylation is 1. The molecule has 0 aromatic heterocycles. The number of amides is 2. The van der Waals surface area contributed by atoms with E-state index in [0.717, 1.165) is 16.1 Å². The Morgan fingerprint density at radius 2 is 2.08 bits per heavy atom. The van der Waals surface area contributed by atoms with E-state index < -0.39 is 16.1 Å². The van der Waals surface area contributed by atoms with Crippen LogP contribution in [-0.4, -0.2) is 22.0 Å². The molecule has 1 aliphatic heterocycles. The number of para-hydroxylation sites is 1. The van der Waals surface area contributed by atoms with Crippen LogP contribution in [0.4, 0.5) is 17.1 Å². The second-order valence-electron chi connectivity index (χ2n) is 5.62. The fourth-order valence-corrected chi connectivity index (χ4v) is 3.61. The molecule has 1 aliphatic rings. The molecule has 2 amide bonds. The first kappa shape index (κ1) is 17.0. The first-order valence-corrected chi connectivity index (χ1v) is 8.43. The molecule has 128 valence electrons. The van der Waals surface area contributed by atoms with Crippen molar-refractivity contribution in [2.75, 3.05) is 10.6 Å². The first-order chi connectivity index (χ1) is 11.9. The average Bonchev–Trinajstić information content (AvgIpc) is 2.57. The molecular formula is C17H15N3O4S. The summed E-state index contributed by atoms with van der Waals surface area (Å²) >= 11 is 1.31. The third-order valence-corrected chi connectivity index (χ3v) is 4.98. The Labute approximate surface area is 148 Å². The number of rotatable bonds is 4. The highest BCUT2D eigenvalue weighted by Crippen LogP contribution is 2.36. The molecule has 25 heavy (non-hydrogen) atoms. The van der Waals surface area contributed by atoms with Crippen LogP contribution in [0, 0.1) is 17.0 Å². The molecule has 0 aliphatic carbocycles. The molecule has 2 aromatic rings. The number of carbonyl (C=O) groups is 2. The minimum absolute atomic E-state index is 0.0735. The van der Waals surface area contributed by atoms with Crippen molar-refractivity contribution in [2.45, 2.75) is 23.5 Å². The van der Waals surface area contributed by atoms with Gasteiger partial charge in [0, 0.05) is 17.4 Å². The second-order valence-corrected chi connectivity index (χ2v) is 6.87. The number of hydrogen-bond donors (Lipinski definition) is 2. The van der Waals surface area contributed by atoms with Gasteiger partial charge in [0.05, 0.1) is 15.9 Å². The topological polar surface area (TPSA) is 101 Å². The summed E-state index contributed by atoms with van der Waals surface area (Å²) in [6.45, 7) is 1.74. The smallest absolute Gasteiger partial charge is 0.293 e. The Balaban J connectivity index is 1.72. The third kappa shape index (κ3) is 3.80. The molecule has 0 radical (unpaired) electrons. The van der Waals surface area contributed by atoms with Crippen molar-refractivity contribution in [1.29, 1.82) is 0 Å². The van der Waals surface area contributed by atoms with Gasteiger partial charge in [0.2, 0.25) is 11.8 Å². The lowest BCUT2D eigenvalue weighted by molar-refractivity contribution is -0.384. The van der Waals surface area contributed by atoms with Crippen molar-refractivity contribution in [3.05, 3.63) is 58.1 Å². The standard InChI is InChI=1S/C17H15N3O4S/c1-10-6-7-11(13(8-10)20(23)24)18-16(21)9-15-17(22)19-12-4-2-3-5-14(12)25-15/h2-8,15H,9H2,1H3,(H,18,21)(H,19,22)/t15-/m0/s1. The number of hydrogen-bond acceptors (Lipinski definition) is 5. The molecule has 1 atom stereocenters. The summed E-state index contributed by atoms with van der Waals surface area (Å²) in [6.07, 6.45) is -0.0735. The molecule has 0 saturated carbocycles. The Kier molecular flexibility index (Phi) is 4.71. The van der Waals surface area contributed by atoms with Crippen LogP contribution in [0.25, 0.3) is 0 Å². The number of nitro groups is 1. The number of carbonyl (C=O) groups excluding carboxylic acids is 2. The van der Waals surface area contributed by atoms with Gasteiger partial charge in [-0.15, -0.1) is 11.8 Å². The predicted molar refractivity (Wildman–Crippen MR) is 95.8 cm³/mol. The minimum atomic E-state index is -0.584. The van der Waals surface area contributed by atoms with Gasteiger partial charge in [-0.1, -0.05) is 18.2 Å². The highest BCUT2D eigenvalue weighted by atomic mass is 32.2. The highest BCUT2D eigenvalue weighted by molar-refractivity contribution is 8.01. The Hall–Kier alpha value is -2.87. The van der Waals surface area contributed by atoms with Crippen LogP contribution in [0.2, 0.25) is 0 Å². The normalized spacial score (nSPS) is 15.9. The summed E-state index contributed by atoms with van der Waals surface area (Å²) < 4.78 is 0. The molecule has 0 bridgehead atoms. The Morgan fingerprint density at radius 1 is 1.32 bits per heavy atom. The molecule has 0 saturated heterocycles. The average molecular weight is 357 g/mol. The Morgan fingerprint density at radius 3 is 2.84 bits per heavy atom. The van der Waals surface area contributed by atoms with E-state index in [4.69, 9.17) is 0 Å². The van der Waals surface area contributed by atoms with Crippen molar-refractivity contribution >= 4 is 40.6 Å². The van der Waals surface area contributed by atoms with E-state index in [1.54, 1.807) is 19.1 Å². The lowest BCUT2D eigenvalue weighted by Gasteiger charge is -2.23. The molecule has 0 fully saturated rings. The van der Waals surface area contributed by atoms with E-state index in [9.17, 15) is 19.7 Å². The Bertz CT molecular complexity index is 869. The number of fused-ring (bicyclic) bond motifs is 1. The summed E-state index contributed by atoms with van der Waals surface area (Å²) in [6, 6.07) is 11.9. The van der Waals surface area contributed by atoms with E-state index in [1.165, 1.54) is 23.9 Å². The summed E-state index contributed by atoms with van der Waals surface area (Å²) in [5, 5.41) is 15.8. The van der Waals surface area contributed by atoms with E-state index in [2.05, 4.69) is 10.6 Å². The maximum absolute atomic E-state index is 12.3. The summed E-state index contributed by atoms with van der Waals surface area (Å²) in [7, 11) is 0. The van der Waals surface area contributed by atoms with Crippen LogP contribution < -0.4 is 10.6 Å². The zero-order valence-corrected chi connectivity index (χ0v) is 14.1. The van der Waals surface area contributed by atoms with Crippen molar-refractivity contribution in [3.63, 3.8) is 0 Å². The minimum Gasteiger partial charge on any atom is -0.324 e. The van der Waals surface area contributed by atoms with Gasteiger partial charge in [-0.2, -0.15) is 0 Å². The summed E-state index contributed by atoms with van der Waals surface area (Å²) in [5.74, 6) is -0.698. The van der Waals surface area contributed by atoms with Crippen LogP contribution in [0.1, 0.15) is 12.0 Å². The van der Waals surface area contributed by atoms with Crippen LogP contribution in [0.5, 0.6) is 0 Å². The molecule has 2 aromatic carbocycles. The SMILES string of the molecule is Cc1ccc(NC(=O)C[C@@H]2Sc3ccccc3NC2=O)c([N+](=O)[O-])c1. The largest absolute Gasteiger partial charge is 0.324 e. The number of nitrogens with zero attached hydrogens (tertiary/aromatic N) is 1. The molecule has 0 spiro atoms. The van der Waals surface area contributed by atoms with Gasteiger partial charge in [0.1, 0.15) is 5.69 Å². The monoisotopic (exact) mass is 357 g/mol. The van der Waals surface area contributed by atoms with Gasteiger partial charge in [-0.05, 0) is 30.7 Å². The zero-order chi connectivity index (χ0) is 18.0. The van der Waals surface area contributed by atoms with Gasteiger partial charge >= 0.3 is 0 Å². The van der Waals surface area contributed by atoms with Gasteiger partial charge in [0.15, 0.2) is 0 Å².